The number of benzene rings is 2. The number of nitrogens with zero attached hydrogens (tertiary/aromatic N) is 1. The van der Waals surface area contributed by atoms with Crippen molar-refractivity contribution in [2.24, 2.45) is 0 Å². The van der Waals surface area contributed by atoms with Gasteiger partial charge < -0.3 is 0 Å². The second-order valence-corrected chi connectivity index (χ2v) is 7.19. The third-order valence-electron chi connectivity index (χ3n) is 3.81. The normalized spacial score (nSPS) is 11.4. The standard InChI is InChI=1S/C21H15Cl2NOS/c1-26-17-8-5-14(6-9-17)21(25)18(13-16-4-2-3-11-24-16)15-7-10-19(22)20(23)12-15/h2-13H,1H3/b18-13+. The fraction of sp³-hybridized carbons (Fsp3) is 0.0476. The van der Waals surface area contributed by atoms with Crippen LogP contribution in [0.25, 0.3) is 11.6 Å². The Morgan fingerprint density at radius 3 is 2.31 bits per heavy atom. The molecule has 0 aliphatic carbocycles. The van der Waals surface area contributed by atoms with E-state index >= 15 is 0 Å². The van der Waals surface area contributed by atoms with Crippen molar-refractivity contribution >= 4 is 52.4 Å². The molecular formula is C21H15Cl2NOS. The zero-order valence-corrected chi connectivity index (χ0v) is 16.3. The first-order valence-electron chi connectivity index (χ1n) is 7.85. The number of carbonyl (C=O) groups is 1. The monoisotopic (exact) mass is 399 g/mol. The third kappa shape index (κ3) is 4.36. The number of allylic oxidation sites excluding steroid dienone is 1. The van der Waals surface area contributed by atoms with Gasteiger partial charge in [0, 0.05) is 22.2 Å². The van der Waals surface area contributed by atoms with Crippen molar-refractivity contribution in [1.82, 2.24) is 4.98 Å². The number of thioether (sulfide) groups is 1. The van der Waals surface area contributed by atoms with Gasteiger partial charge in [0.15, 0.2) is 5.78 Å². The SMILES string of the molecule is CSc1ccc(C(=O)/C(=C/c2ccccn2)c2ccc(Cl)c(Cl)c2)cc1. The van der Waals surface area contributed by atoms with Crippen LogP contribution in [0.5, 0.6) is 0 Å². The minimum absolute atomic E-state index is 0.0957. The Morgan fingerprint density at radius 1 is 0.962 bits per heavy atom. The summed E-state index contributed by atoms with van der Waals surface area (Å²) in [4.78, 5) is 18.6. The van der Waals surface area contributed by atoms with Crippen LogP contribution in [0.15, 0.2) is 71.8 Å². The van der Waals surface area contributed by atoms with Crippen LogP contribution in [0.4, 0.5) is 0 Å². The first-order valence-corrected chi connectivity index (χ1v) is 9.83. The van der Waals surface area contributed by atoms with Crippen molar-refractivity contribution in [3.63, 3.8) is 0 Å². The number of carbonyl (C=O) groups excluding carboxylic acids is 1. The van der Waals surface area contributed by atoms with Gasteiger partial charge in [-0.2, -0.15) is 0 Å². The fourth-order valence-corrected chi connectivity index (χ4v) is 3.16. The van der Waals surface area contributed by atoms with Gasteiger partial charge in [-0.3, -0.25) is 9.78 Å². The molecule has 0 spiro atoms. The van der Waals surface area contributed by atoms with Crippen molar-refractivity contribution in [1.29, 1.82) is 0 Å². The summed E-state index contributed by atoms with van der Waals surface area (Å²) in [5.74, 6) is -0.0957. The minimum atomic E-state index is -0.0957. The summed E-state index contributed by atoms with van der Waals surface area (Å²) in [7, 11) is 0. The molecule has 0 unspecified atom stereocenters. The number of Topliss-reactive ketones (excluding diaryl/α,β-unsaturated/α-hetero) is 1. The van der Waals surface area contributed by atoms with Crippen LogP contribution >= 0.6 is 35.0 Å². The van der Waals surface area contributed by atoms with E-state index < -0.39 is 0 Å². The maximum Gasteiger partial charge on any atom is 0.193 e. The lowest BCUT2D eigenvalue weighted by molar-refractivity contribution is 0.105. The molecular weight excluding hydrogens is 385 g/mol. The number of rotatable bonds is 5. The molecule has 0 aliphatic heterocycles. The second-order valence-electron chi connectivity index (χ2n) is 5.50. The predicted octanol–water partition coefficient (Wildman–Crippen LogP) is 6.53. The first kappa shape index (κ1) is 18.7. The average Bonchev–Trinajstić information content (AvgIpc) is 2.69. The van der Waals surface area contributed by atoms with E-state index in [1.165, 1.54) is 0 Å². The maximum absolute atomic E-state index is 13.2. The average molecular weight is 400 g/mol. The molecule has 0 radical (unpaired) electrons. The zero-order valence-electron chi connectivity index (χ0n) is 13.9. The van der Waals surface area contributed by atoms with E-state index in [1.54, 1.807) is 42.2 Å². The Bertz CT molecular complexity index is 954. The van der Waals surface area contributed by atoms with E-state index in [9.17, 15) is 4.79 Å². The van der Waals surface area contributed by atoms with E-state index in [-0.39, 0.29) is 5.78 Å². The molecule has 0 saturated carbocycles. The summed E-state index contributed by atoms with van der Waals surface area (Å²) in [6.45, 7) is 0. The van der Waals surface area contributed by atoms with Crippen molar-refractivity contribution in [2.45, 2.75) is 4.90 Å². The molecule has 0 amide bonds. The van der Waals surface area contributed by atoms with Gasteiger partial charge in [0.2, 0.25) is 0 Å². The quantitative estimate of drug-likeness (QED) is 0.277. The zero-order chi connectivity index (χ0) is 18.5. The van der Waals surface area contributed by atoms with Crippen LogP contribution in [0.1, 0.15) is 21.6 Å². The molecule has 3 aromatic rings. The summed E-state index contributed by atoms with van der Waals surface area (Å²) in [5.41, 5.74) is 2.52. The molecule has 26 heavy (non-hydrogen) atoms. The van der Waals surface area contributed by atoms with E-state index in [0.717, 1.165) is 4.90 Å². The van der Waals surface area contributed by atoms with Crippen LogP contribution < -0.4 is 0 Å². The topological polar surface area (TPSA) is 30.0 Å². The molecule has 0 aliphatic rings. The largest absolute Gasteiger partial charge is 0.289 e. The van der Waals surface area contributed by atoms with Crippen molar-refractivity contribution in [3.8, 4) is 0 Å². The number of aromatic nitrogens is 1. The van der Waals surface area contributed by atoms with Crippen LogP contribution in [0, 0.1) is 0 Å². The summed E-state index contributed by atoms with van der Waals surface area (Å²) in [5, 5.41) is 0.853. The van der Waals surface area contributed by atoms with E-state index in [2.05, 4.69) is 4.98 Å². The van der Waals surface area contributed by atoms with Gasteiger partial charge in [-0.15, -0.1) is 11.8 Å². The summed E-state index contributed by atoms with van der Waals surface area (Å²) in [6.07, 6.45) is 5.46. The predicted molar refractivity (Wildman–Crippen MR) is 111 cm³/mol. The van der Waals surface area contributed by atoms with E-state index in [4.69, 9.17) is 23.2 Å². The van der Waals surface area contributed by atoms with Gasteiger partial charge in [0.25, 0.3) is 0 Å². The number of pyridine rings is 1. The van der Waals surface area contributed by atoms with Crippen LogP contribution in [0.2, 0.25) is 10.0 Å². The summed E-state index contributed by atoms with van der Waals surface area (Å²) >= 11 is 13.8. The molecule has 0 saturated heterocycles. The highest BCUT2D eigenvalue weighted by atomic mass is 35.5. The Hall–Kier alpha value is -2.07. The van der Waals surface area contributed by atoms with Gasteiger partial charge >= 0.3 is 0 Å². The van der Waals surface area contributed by atoms with Gasteiger partial charge in [-0.1, -0.05) is 35.3 Å². The molecule has 0 atom stereocenters. The number of ketones is 1. The first-order chi connectivity index (χ1) is 12.6. The Kier molecular flexibility index (Phi) is 6.15. The van der Waals surface area contributed by atoms with Crippen LogP contribution in [-0.4, -0.2) is 17.0 Å². The van der Waals surface area contributed by atoms with Crippen molar-refractivity contribution in [2.75, 3.05) is 6.26 Å². The number of halogens is 2. The molecule has 5 heteroatoms. The highest BCUT2D eigenvalue weighted by Gasteiger charge is 2.16. The highest BCUT2D eigenvalue weighted by Crippen LogP contribution is 2.29. The lowest BCUT2D eigenvalue weighted by Gasteiger charge is -2.09. The lowest BCUT2D eigenvalue weighted by atomic mass is 9.95. The molecule has 1 aromatic heterocycles. The van der Waals surface area contributed by atoms with Crippen LogP contribution in [-0.2, 0) is 0 Å². The molecule has 1 heterocycles. The van der Waals surface area contributed by atoms with Crippen molar-refractivity contribution < 1.29 is 4.79 Å². The van der Waals surface area contributed by atoms with Gasteiger partial charge in [-0.25, -0.2) is 0 Å². The second kappa shape index (κ2) is 8.54. The van der Waals surface area contributed by atoms with Gasteiger partial charge in [-0.05, 0) is 66.4 Å². The molecule has 2 nitrogen and oxygen atoms in total. The Morgan fingerprint density at radius 2 is 1.69 bits per heavy atom. The molecule has 0 N–H and O–H groups in total. The van der Waals surface area contributed by atoms with Gasteiger partial charge in [0.1, 0.15) is 0 Å². The minimum Gasteiger partial charge on any atom is -0.289 e. The van der Waals surface area contributed by atoms with Gasteiger partial charge in [0.05, 0.1) is 15.7 Å². The highest BCUT2D eigenvalue weighted by molar-refractivity contribution is 7.98. The Balaban J connectivity index is 2.08. The maximum atomic E-state index is 13.2. The molecule has 0 bridgehead atoms. The summed E-state index contributed by atoms with van der Waals surface area (Å²) < 4.78 is 0. The molecule has 0 fully saturated rings. The number of hydrogen-bond acceptors (Lipinski definition) is 3. The fourth-order valence-electron chi connectivity index (χ4n) is 2.45. The van der Waals surface area contributed by atoms with E-state index in [0.29, 0.717) is 32.4 Å². The third-order valence-corrected chi connectivity index (χ3v) is 5.29. The molecule has 130 valence electrons. The number of hydrogen-bond donors (Lipinski definition) is 0. The Labute approximate surface area is 166 Å². The summed E-state index contributed by atoms with van der Waals surface area (Å²) in [6, 6.07) is 18.3. The molecule has 3 rings (SSSR count). The molecule has 2 aromatic carbocycles. The van der Waals surface area contributed by atoms with Crippen molar-refractivity contribution in [3.05, 3.63) is 93.7 Å². The van der Waals surface area contributed by atoms with E-state index in [1.807, 2.05) is 48.7 Å². The van der Waals surface area contributed by atoms with Crippen LogP contribution in [0.3, 0.4) is 0 Å². The smallest absolute Gasteiger partial charge is 0.193 e. The lowest BCUT2D eigenvalue weighted by Crippen LogP contribution is -2.03.